The van der Waals surface area contributed by atoms with E-state index >= 15 is 0 Å². The first kappa shape index (κ1) is 34.5. The largest absolute Gasteiger partial charge is 0.494 e. The normalized spacial score (nSPS) is 18.1. The van der Waals surface area contributed by atoms with E-state index in [1.807, 2.05) is 12.1 Å². The van der Waals surface area contributed by atoms with Crippen molar-refractivity contribution in [1.29, 1.82) is 0 Å². The molecule has 0 spiro atoms. The zero-order chi connectivity index (χ0) is 29.7. The van der Waals surface area contributed by atoms with Gasteiger partial charge in [-0.3, -0.25) is 0 Å². The Kier molecular flexibility index (Phi) is 14.5. The predicted molar refractivity (Wildman–Crippen MR) is 167 cm³/mol. The Hall–Kier alpha value is -2.40. The second kappa shape index (κ2) is 18.5. The second-order valence-corrected chi connectivity index (χ2v) is 11.0. The first-order chi connectivity index (χ1) is 21.2. The number of ether oxygens (including phenoxy) is 6. The van der Waals surface area contributed by atoms with Crippen LogP contribution in [0.15, 0.2) is 48.5 Å². The third-order valence-corrected chi connectivity index (χ3v) is 8.20. The van der Waals surface area contributed by atoms with Crippen LogP contribution in [-0.4, -0.2) is 83.1 Å². The van der Waals surface area contributed by atoms with Crippen LogP contribution in [0.4, 0.5) is 5.82 Å². The number of hydrogen-bond acceptors (Lipinski definition) is 11. The molecule has 12 heteroatoms. The SMILES string of the molecule is COc1cc2n[c-]nc3c2cc1OCCOCCOCCOCCOCCNCc1ccccc1-c1ccc(s1)[C@@H](C)N3.[Cd]. The molecule has 0 radical (unpaired) electrons. The Bertz CT molecular complexity index is 1440. The van der Waals surface area contributed by atoms with Gasteiger partial charge in [-0.1, -0.05) is 29.7 Å². The molecule has 1 aliphatic rings. The van der Waals surface area contributed by atoms with E-state index in [1.165, 1.54) is 20.9 Å². The first-order valence-electron chi connectivity index (χ1n) is 14.6. The maximum absolute atomic E-state index is 6.03. The van der Waals surface area contributed by atoms with Crippen molar-refractivity contribution in [2.75, 3.05) is 78.4 Å². The summed E-state index contributed by atoms with van der Waals surface area (Å²) >= 11 is 1.77. The number of nitrogens with one attached hydrogen (secondary N) is 2. The zero-order valence-electron chi connectivity index (χ0n) is 25.4. The second-order valence-electron chi connectivity index (χ2n) is 9.89. The van der Waals surface area contributed by atoms with Crippen LogP contribution < -0.4 is 20.1 Å². The van der Waals surface area contributed by atoms with Crippen LogP contribution >= 0.6 is 11.3 Å². The van der Waals surface area contributed by atoms with Gasteiger partial charge in [0.2, 0.25) is 0 Å². The van der Waals surface area contributed by atoms with Gasteiger partial charge in [-0.15, -0.1) is 11.3 Å². The molecule has 2 aromatic carbocycles. The smallest absolute Gasteiger partial charge is 0.158 e. The molecule has 5 rings (SSSR count). The fraction of sp³-hybridized carbons (Fsp3) is 0.438. The Morgan fingerprint density at radius 3 is 2.32 bits per heavy atom. The summed E-state index contributed by atoms with van der Waals surface area (Å²) in [5.74, 6) is 1.86. The number of hydrogen-bond donors (Lipinski definition) is 2. The molecule has 2 aromatic heterocycles. The van der Waals surface area contributed by atoms with Gasteiger partial charge in [-0.25, -0.2) is 0 Å². The van der Waals surface area contributed by atoms with Crippen LogP contribution in [0.3, 0.4) is 0 Å². The van der Waals surface area contributed by atoms with E-state index in [0.717, 1.165) is 18.5 Å². The number of methoxy groups -OCH3 is 1. The fourth-order valence-corrected chi connectivity index (χ4v) is 5.73. The van der Waals surface area contributed by atoms with Crippen molar-refractivity contribution >= 4 is 28.1 Å². The van der Waals surface area contributed by atoms with Crippen molar-refractivity contribution in [3.05, 3.63) is 65.3 Å². The van der Waals surface area contributed by atoms with Gasteiger partial charge in [0, 0.05) is 68.3 Å². The molecule has 0 saturated carbocycles. The van der Waals surface area contributed by atoms with Crippen molar-refractivity contribution in [3.63, 3.8) is 0 Å². The maximum atomic E-state index is 6.03. The van der Waals surface area contributed by atoms with E-state index < -0.39 is 0 Å². The van der Waals surface area contributed by atoms with Crippen molar-refractivity contribution < 1.29 is 55.7 Å². The number of aromatic nitrogens is 2. The number of rotatable bonds is 1. The molecule has 0 unspecified atom stereocenters. The molecule has 4 bridgehead atoms. The molecule has 10 nitrogen and oxygen atoms in total. The number of anilines is 1. The third-order valence-electron chi connectivity index (χ3n) is 6.90. The summed E-state index contributed by atoms with van der Waals surface area (Å²) in [7, 11) is 1.61. The number of nitrogens with zero attached hydrogens (tertiary/aromatic N) is 2. The number of benzene rings is 2. The van der Waals surface area contributed by atoms with E-state index in [0.29, 0.717) is 82.3 Å². The average Bonchev–Trinajstić information content (AvgIpc) is 3.53. The summed E-state index contributed by atoms with van der Waals surface area (Å²) in [6.07, 6.45) is 2.78. The third kappa shape index (κ3) is 9.80. The van der Waals surface area contributed by atoms with Gasteiger partial charge in [0.1, 0.15) is 6.61 Å². The quantitative estimate of drug-likeness (QED) is 0.209. The molecule has 2 N–H and O–H groups in total. The Morgan fingerprint density at radius 2 is 1.57 bits per heavy atom. The summed E-state index contributed by atoms with van der Waals surface area (Å²) < 4.78 is 34.1. The van der Waals surface area contributed by atoms with Crippen LogP contribution in [0, 0.1) is 6.33 Å². The molecule has 4 aromatic rings. The van der Waals surface area contributed by atoms with Crippen LogP contribution in [0.2, 0.25) is 0 Å². The monoisotopic (exact) mass is 721 g/mol. The van der Waals surface area contributed by atoms with Gasteiger partial charge in [0.25, 0.3) is 0 Å². The summed E-state index contributed by atoms with van der Waals surface area (Å²) in [4.78, 5) is 11.2. The number of fused-ring (bicyclic) bond motifs is 5. The Morgan fingerprint density at radius 1 is 0.864 bits per heavy atom. The Labute approximate surface area is 282 Å². The average molecular weight is 720 g/mol. The van der Waals surface area contributed by atoms with Crippen LogP contribution in [0.25, 0.3) is 21.3 Å². The molecular formula is C32H39CdN4O6S-. The van der Waals surface area contributed by atoms with Gasteiger partial charge in [0.15, 0.2) is 11.5 Å². The summed E-state index contributed by atoms with van der Waals surface area (Å²) in [5, 5.41) is 7.89. The summed E-state index contributed by atoms with van der Waals surface area (Å²) in [6, 6.07) is 16.6. The molecular weight excluding hydrogens is 681 g/mol. The van der Waals surface area contributed by atoms with Crippen LogP contribution in [0.5, 0.6) is 11.5 Å². The first-order valence-corrected chi connectivity index (χ1v) is 15.4. The van der Waals surface area contributed by atoms with E-state index in [1.54, 1.807) is 18.4 Å². The molecule has 44 heavy (non-hydrogen) atoms. The molecule has 232 valence electrons. The van der Waals surface area contributed by atoms with Crippen molar-refractivity contribution in [1.82, 2.24) is 15.3 Å². The van der Waals surface area contributed by atoms with E-state index in [9.17, 15) is 0 Å². The van der Waals surface area contributed by atoms with E-state index in [2.05, 4.69) is 70.3 Å². The minimum Gasteiger partial charge on any atom is -0.494 e. The molecule has 0 amide bonds. The molecule has 1 aliphatic heterocycles. The minimum atomic E-state index is 0. The standard InChI is InChI=1S/C32H39N4O6S.Cd/c1-23-30-7-8-31(43-30)25-6-4-3-5-24(25)21-33-9-10-38-11-12-39-13-14-40-15-16-41-17-18-42-29-19-26-27(20-28(29)37-2)34-22-35-32(26)36-23;/h3-8,19-20,23,33H,9-18,21H2,1-2H3,(H,34,35,36);/q-1;/t23-;/m1./s1. The summed E-state index contributed by atoms with van der Waals surface area (Å²) in [5.41, 5.74) is 3.18. The van der Waals surface area contributed by atoms with Crippen molar-refractivity contribution in [2.24, 2.45) is 0 Å². The fourth-order valence-electron chi connectivity index (χ4n) is 4.66. The Balaban J connectivity index is 0.00000442. The van der Waals surface area contributed by atoms with Crippen molar-refractivity contribution in [3.8, 4) is 21.9 Å². The number of thiophene rings is 1. The molecule has 0 fully saturated rings. The van der Waals surface area contributed by atoms with Gasteiger partial charge in [0.05, 0.1) is 60.0 Å². The zero-order valence-corrected chi connectivity index (χ0v) is 30.3. The molecule has 0 saturated heterocycles. The van der Waals surface area contributed by atoms with Gasteiger partial charge >= 0.3 is 0 Å². The topological polar surface area (TPSA) is 105 Å². The van der Waals surface area contributed by atoms with Crippen LogP contribution in [-0.2, 0) is 52.8 Å². The van der Waals surface area contributed by atoms with Gasteiger partial charge in [-0.2, -0.15) is 0 Å². The van der Waals surface area contributed by atoms with E-state index in [-0.39, 0.29) is 33.3 Å². The van der Waals surface area contributed by atoms with Crippen molar-refractivity contribution in [2.45, 2.75) is 19.5 Å². The predicted octanol–water partition coefficient (Wildman–Crippen LogP) is 4.89. The van der Waals surface area contributed by atoms with Gasteiger partial charge in [-0.05, 0) is 47.8 Å². The summed E-state index contributed by atoms with van der Waals surface area (Å²) in [6.45, 7) is 8.13. The molecule has 1 atom stereocenters. The minimum absolute atomic E-state index is 0. The van der Waals surface area contributed by atoms with Gasteiger partial charge < -0.3 is 49.0 Å². The maximum Gasteiger partial charge on any atom is 0.158 e. The molecule has 3 heterocycles. The van der Waals surface area contributed by atoms with Crippen LogP contribution in [0.1, 0.15) is 23.4 Å². The molecule has 0 aliphatic carbocycles. The van der Waals surface area contributed by atoms with E-state index in [4.69, 9.17) is 28.4 Å².